The van der Waals surface area contributed by atoms with Gasteiger partial charge in [0.05, 0.1) is 19.1 Å². The van der Waals surface area contributed by atoms with Crippen molar-refractivity contribution >= 4 is 17.2 Å². The smallest absolute Gasteiger partial charge is 0.234 e. The van der Waals surface area contributed by atoms with Crippen LogP contribution in [0, 0.1) is 6.92 Å². The molecule has 128 valence electrons. The van der Waals surface area contributed by atoms with Gasteiger partial charge in [0, 0.05) is 15.7 Å². The first-order valence-electron chi connectivity index (χ1n) is 8.58. The molecule has 0 spiro atoms. The molecule has 2 aromatic heterocycles. The third-order valence-corrected chi connectivity index (χ3v) is 5.65. The highest BCUT2D eigenvalue weighted by Gasteiger charge is 2.34. The molecule has 1 aliphatic heterocycles. The van der Waals surface area contributed by atoms with Crippen LogP contribution < -0.4 is 5.32 Å². The number of aromatic nitrogens is 2. The summed E-state index contributed by atoms with van der Waals surface area (Å²) in [5.74, 6) is 2.04. The topological polar surface area (TPSA) is 71.3 Å². The van der Waals surface area contributed by atoms with Crippen LogP contribution in [-0.2, 0) is 11.3 Å². The lowest BCUT2D eigenvalue weighted by molar-refractivity contribution is -0.122. The first-order chi connectivity index (χ1) is 11.7. The molecule has 0 aromatic carbocycles. The van der Waals surface area contributed by atoms with E-state index in [1.165, 1.54) is 9.75 Å². The van der Waals surface area contributed by atoms with Crippen LogP contribution in [0.15, 0.2) is 16.7 Å². The maximum absolute atomic E-state index is 12.3. The fraction of sp³-hybridized carbons (Fsp3) is 0.588. The molecule has 0 unspecified atom stereocenters. The van der Waals surface area contributed by atoms with Crippen LogP contribution in [0.3, 0.4) is 0 Å². The van der Waals surface area contributed by atoms with E-state index in [1.54, 1.807) is 11.3 Å². The summed E-state index contributed by atoms with van der Waals surface area (Å²) in [5.41, 5.74) is 0. The minimum absolute atomic E-state index is 0.0545. The fourth-order valence-corrected chi connectivity index (χ4v) is 4.02. The number of thiophene rings is 1. The van der Waals surface area contributed by atoms with Crippen LogP contribution in [0.2, 0.25) is 0 Å². The molecule has 3 heterocycles. The highest BCUT2D eigenvalue weighted by Crippen LogP contribution is 2.40. The molecule has 2 aliphatic rings. The van der Waals surface area contributed by atoms with Crippen LogP contribution in [0.4, 0.5) is 0 Å². The average Bonchev–Trinajstić information content (AvgIpc) is 2.97. The molecule has 1 N–H and O–H groups in total. The van der Waals surface area contributed by atoms with Crippen molar-refractivity contribution in [2.75, 3.05) is 13.1 Å². The molecule has 1 saturated carbocycles. The molecule has 6 nitrogen and oxygen atoms in total. The Morgan fingerprint density at radius 1 is 1.42 bits per heavy atom. The Kier molecular flexibility index (Phi) is 4.37. The number of hydrogen-bond donors (Lipinski definition) is 1. The standard InChI is InChI=1S/C17H22N4O2S/c1-11-4-7-13(24-11)9-18-15(22)10-21-8-2-3-14(21)16-19-17(23-20-16)12-5-6-12/h4,7,12,14H,2-3,5-6,8-10H2,1H3,(H,18,22)/t14-/m1/s1. The van der Waals surface area contributed by atoms with E-state index in [0.717, 1.165) is 43.9 Å². The molecular weight excluding hydrogens is 324 g/mol. The number of carbonyl (C=O) groups is 1. The Labute approximate surface area is 145 Å². The van der Waals surface area contributed by atoms with Crippen molar-refractivity contribution in [3.8, 4) is 0 Å². The summed E-state index contributed by atoms with van der Waals surface area (Å²) in [6.07, 6.45) is 4.36. The van der Waals surface area contributed by atoms with E-state index in [-0.39, 0.29) is 11.9 Å². The number of nitrogens with zero attached hydrogens (tertiary/aromatic N) is 3. The molecule has 1 aliphatic carbocycles. The maximum atomic E-state index is 12.3. The Balaban J connectivity index is 1.33. The maximum Gasteiger partial charge on any atom is 0.234 e. The third kappa shape index (κ3) is 3.52. The zero-order valence-electron chi connectivity index (χ0n) is 13.8. The van der Waals surface area contributed by atoms with Crippen LogP contribution in [0.5, 0.6) is 0 Å². The van der Waals surface area contributed by atoms with Gasteiger partial charge in [-0.25, -0.2) is 0 Å². The lowest BCUT2D eigenvalue weighted by Gasteiger charge is -2.21. The molecule has 7 heteroatoms. The number of rotatable bonds is 6. The van der Waals surface area contributed by atoms with Crippen LogP contribution >= 0.6 is 11.3 Å². The second-order valence-corrected chi connectivity index (χ2v) is 8.06. The van der Waals surface area contributed by atoms with E-state index in [4.69, 9.17) is 4.52 Å². The molecule has 24 heavy (non-hydrogen) atoms. The largest absolute Gasteiger partial charge is 0.350 e. The Morgan fingerprint density at radius 3 is 3.04 bits per heavy atom. The fourth-order valence-electron chi connectivity index (χ4n) is 3.19. The monoisotopic (exact) mass is 346 g/mol. The predicted octanol–water partition coefficient (Wildman–Crippen LogP) is 2.77. The Morgan fingerprint density at radius 2 is 2.29 bits per heavy atom. The quantitative estimate of drug-likeness (QED) is 0.871. The summed E-state index contributed by atoms with van der Waals surface area (Å²) in [6.45, 7) is 3.97. The van der Waals surface area contributed by atoms with E-state index in [2.05, 4.69) is 39.4 Å². The second kappa shape index (κ2) is 6.64. The van der Waals surface area contributed by atoms with E-state index in [0.29, 0.717) is 19.0 Å². The van der Waals surface area contributed by atoms with Crippen molar-refractivity contribution in [3.63, 3.8) is 0 Å². The Hall–Kier alpha value is -1.73. The van der Waals surface area contributed by atoms with Crippen molar-refractivity contribution in [2.45, 2.75) is 51.1 Å². The van der Waals surface area contributed by atoms with Gasteiger partial charge in [-0.1, -0.05) is 5.16 Å². The second-order valence-electron chi connectivity index (χ2n) is 6.68. The predicted molar refractivity (Wildman–Crippen MR) is 90.7 cm³/mol. The lowest BCUT2D eigenvalue weighted by atomic mass is 10.2. The van der Waals surface area contributed by atoms with Gasteiger partial charge in [-0.2, -0.15) is 4.98 Å². The van der Waals surface area contributed by atoms with Crippen LogP contribution in [-0.4, -0.2) is 34.0 Å². The number of likely N-dealkylation sites (tertiary alicyclic amines) is 1. The van der Waals surface area contributed by atoms with Gasteiger partial charge >= 0.3 is 0 Å². The van der Waals surface area contributed by atoms with E-state index < -0.39 is 0 Å². The van der Waals surface area contributed by atoms with Crippen molar-refractivity contribution in [1.29, 1.82) is 0 Å². The molecule has 0 radical (unpaired) electrons. The highest BCUT2D eigenvalue weighted by atomic mass is 32.1. The van der Waals surface area contributed by atoms with Crippen molar-refractivity contribution < 1.29 is 9.32 Å². The van der Waals surface area contributed by atoms with E-state index >= 15 is 0 Å². The first-order valence-corrected chi connectivity index (χ1v) is 9.40. The summed E-state index contributed by atoms with van der Waals surface area (Å²) in [5, 5.41) is 7.17. The summed E-state index contributed by atoms with van der Waals surface area (Å²) < 4.78 is 5.37. The van der Waals surface area contributed by atoms with E-state index in [9.17, 15) is 4.79 Å². The number of amides is 1. The zero-order chi connectivity index (χ0) is 16.5. The van der Waals surface area contributed by atoms with Crippen molar-refractivity contribution in [1.82, 2.24) is 20.4 Å². The number of hydrogen-bond acceptors (Lipinski definition) is 6. The molecule has 0 bridgehead atoms. The number of aryl methyl sites for hydroxylation is 1. The number of carbonyl (C=O) groups excluding carboxylic acids is 1. The number of nitrogens with one attached hydrogen (secondary N) is 1. The van der Waals surface area contributed by atoms with Crippen LogP contribution in [0.1, 0.15) is 59.1 Å². The van der Waals surface area contributed by atoms with Gasteiger partial charge in [-0.05, 0) is 51.3 Å². The first kappa shape index (κ1) is 15.8. The van der Waals surface area contributed by atoms with Gasteiger partial charge in [0.15, 0.2) is 5.82 Å². The van der Waals surface area contributed by atoms with Gasteiger partial charge in [-0.15, -0.1) is 11.3 Å². The van der Waals surface area contributed by atoms with Gasteiger partial charge in [0.1, 0.15) is 0 Å². The lowest BCUT2D eigenvalue weighted by Crippen LogP contribution is -2.36. The molecule has 4 rings (SSSR count). The molecular formula is C17H22N4O2S. The minimum Gasteiger partial charge on any atom is -0.350 e. The summed E-state index contributed by atoms with van der Waals surface area (Å²) >= 11 is 1.72. The third-order valence-electron chi connectivity index (χ3n) is 4.65. The highest BCUT2D eigenvalue weighted by molar-refractivity contribution is 7.11. The Bertz CT molecular complexity index is 722. The molecule has 1 saturated heterocycles. The van der Waals surface area contributed by atoms with Gasteiger partial charge < -0.3 is 9.84 Å². The van der Waals surface area contributed by atoms with E-state index in [1.807, 2.05) is 0 Å². The van der Waals surface area contributed by atoms with Crippen molar-refractivity contribution in [2.24, 2.45) is 0 Å². The average molecular weight is 346 g/mol. The normalized spacial score (nSPS) is 21.3. The summed E-state index contributed by atoms with van der Waals surface area (Å²) in [6, 6.07) is 4.25. The summed E-state index contributed by atoms with van der Waals surface area (Å²) in [4.78, 5) is 21.4. The van der Waals surface area contributed by atoms with Gasteiger partial charge in [0.25, 0.3) is 0 Å². The molecule has 2 aromatic rings. The molecule has 2 fully saturated rings. The molecule has 1 amide bonds. The van der Waals surface area contributed by atoms with Crippen molar-refractivity contribution in [3.05, 3.63) is 33.6 Å². The zero-order valence-corrected chi connectivity index (χ0v) is 14.6. The summed E-state index contributed by atoms with van der Waals surface area (Å²) in [7, 11) is 0. The minimum atomic E-state index is 0.0545. The van der Waals surface area contributed by atoms with Gasteiger partial charge in [0.2, 0.25) is 11.8 Å². The molecule has 1 atom stereocenters. The SMILES string of the molecule is Cc1ccc(CNC(=O)CN2CCC[C@@H]2c2noc(C3CC3)n2)s1. The van der Waals surface area contributed by atoms with Crippen LogP contribution in [0.25, 0.3) is 0 Å². The van der Waals surface area contributed by atoms with Gasteiger partial charge in [-0.3, -0.25) is 9.69 Å².